The number of para-hydroxylation sites is 1. The second-order valence-corrected chi connectivity index (χ2v) is 10.2. The maximum Gasteiger partial charge on any atom is 0.237 e. The predicted octanol–water partition coefficient (Wildman–Crippen LogP) is 3.59. The van der Waals surface area contributed by atoms with Gasteiger partial charge < -0.3 is 10.2 Å². The van der Waals surface area contributed by atoms with Crippen LogP contribution in [-0.2, 0) is 4.79 Å². The Balaban J connectivity index is 1.19. The number of nitrogens with one attached hydrogen (secondary N) is 1. The molecule has 1 heterocycles. The first-order chi connectivity index (χ1) is 13.5. The summed E-state index contributed by atoms with van der Waals surface area (Å²) in [5.41, 5.74) is 2.81. The summed E-state index contributed by atoms with van der Waals surface area (Å²) in [6.45, 7) is 8.22. The number of hydrogen-bond donors (Lipinski definition) is 1. The summed E-state index contributed by atoms with van der Waals surface area (Å²) in [4.78, 5) is 18.0. The molecule has 4 nitrogen and oxygen atoms in total. The Morgan fingerprint density at radius 2 is 1.57 bits per heavy atom. The smallest absolute Gasteiger partial charge is 0.237 e. The molecular formula is C24H35N3O. The first-order valence-corrected chi connectivity index (χ1v) is 11.4. The highest BCUT2D eigenvalue weighted by Crippen LogP contribution is 2.55. The van der Waals surface area contributed by atoms with Gasteiger partial charge in [-0.15, -0.1) is 0 Å². The lowest BCUT2D eigenvalue weighted by atomic mass is 9.53. The van der Waals surface area contributed by atoms with Crippen molar-refractivity contribution in [3.05, 3.63) is 29.8 Å². The third-order valence-corrected chi connectivity index (χ3v) is 8.12. The van der Waals surface area contributed by atoms with Crippen LogP contribution in [0.4, 0.5) is 5.69 Å². The molecule has 1 amide bonds. The van der Waals surface area contributed by atoms with Gasteiger partial charge in [0.05, 0.1) is 6.04 Å². The quantitative estimate of drug-likeness (QED) is 0.866. The molecule has 5 aliphatic rings. The molecule has 1 aromatic rings. The molecule has 0 spiro atoms. The van der Waals surface area contributed by atoms with Crippen LogP contribution in [-0.4, -0.2) is 48.6 Å². The Morgan fingerprint density at radius 3 is 2.14 bits per heavy atom. The third kappa shape index (κ3) is 3.34. The van der Waals surface area contributed by atoms with Crippen LogP contribution in [0.25, 0.3) is 0 Å². The van der Waals surface area contributed by atoms with Gasteiger partial charge in [0.15, 0.2) is 0 Å². The lowest BCUT2D eigenvalue weighted by molar-refractivity contribution is -0.131. The first-order valence-electron chi connectivity index (χ1n) is 11.4. The van der Waals surface area contributed by atoms with Crippen LogP contribution in [0.15, 0.2) is 24.3 Å². The van der Waals surface area contributed by atoms with Crippen molar-refractivity contribution in [1.29, 1.82) is 0 Å². The van der Waals surface area contributed by atoms with Gasteiger partial charge in [-0.3, -0.25) is 9.69 Å². The molecule has 152 valence electrons. The Morgan fingerprint density at radius 1 is 1.00 bits per heavy atom. The number of anilines is 1. The Hall–Kier alpha value is -1.55. The number of benzene rings is 1. The molecule has 1 saturated heterocycles. The topological polar surface area (TPSA) is 35.6 Å². The van der Waals surface area contributed by atoms with E-state index in [1.807, 2.05) is 0 Å². The molecule has 5 fully saturated rings. The molecule has 4 saturated carbocycles. The molecule has 1 aromatic carbocycles. The minimum absolute atomic E-state index is 0.0213. The van der Waals surface area contributed by atoms with E-state index in [2.05, 4.69) is 53.2 Å². The van der Waals surface area contributed by atoms with E-state index in [1.54, 1.807) is 0 Å². The van der Waals surface area contributed by atoms with Crippen LogP contribution in [0.1, 0.15) is 51.0 Å². The summed E-state index contributed by atoms with van der Waals surface area (Å²) >= 11 is 0. The summed E-state index contributed by atoms with van der Waals surface area (Å²) in [7, 11) is 0. The van der Waals surface area contributed by atoms with Crippen molar-refractivity contribution in [3.63, 3.8) is 0 Å². The average molecular weight is 382 g/mol. The van der Waals surface area contributed by atoms with Crippen molar-refractivity contribution in [2.24, 2.45) is 17.8 Å². The number of nitrogens with zero attached hydrogens (tertiary/aromatic N) is 2. The SMILES string of the molecule is Cc1ccccc1N1CCN([C@H](C)C(=O)NC23CC4CC(CC(C4)C2)C3)CC1. The van der Waals surface area contributed by atoms with Gasteiger partial charge in [-0.1, -0.05) is 18.2 Å². The van der Waals surface area contributed by atoms with Crippen molar-refractivity contribution in [3.8, 4) is 0 Å². The van der Waals surface area contributed by atoms with Crippen LogP contribution in [0.5, 0.6) is 0 Å². The van der Waals surface area contributed by atoms with E-state index in [-0.39, 0.29) is 17.5 Å². The van der Waals surface area contributed by atoms with Gasteiger partial charge in [-0.05, 0) is 81.8 Å². The zero-order valence-corrected chi connectivity index (χ0v) is 17.5. The van der Waals surface area contributed by atoms with E-state index in [0.29, 0.717) is 0 Å². The molecule has 4 aliphatic carbocycles. The van der Waals surface area contributed by atoms with Gasteiger partial charge in [-0.2, -0.15) is 0 Å². The molecule has 0 radical (unpaired) electrons. The number of carbonyl (C=O) groups excluding carboxylic acids is 1. The Kier molecular flexibility index (Phi) is 4.65. The standard InChI is InChI=1S/C24H35N3O/c1-17-5-3-4-6-22(17)27-9-7-26(8-10-27)18(2)23(28)25-24-14-19-11-20(15-24)13-21(12-19)16-24/h3-6,18-21H,7-16H2,1-2H3,(H,25,28)/t18-,19?,20?,21?,24?/m1/s1. The summed E-state index contributed by atoms with van der Waals surface area (Å²) in [6.07, 6.45) is 7.97. The molecule has 0 aromatic heterocycles. The fourth-order valence-corrected chi connectivity index (χ4v) is 7.06. The van der Waals surface area contributed by atoms with Crippen LogP contribution >= 0.6 is 0 Å². The van der Waals surface area contributed by atoms with Crippen LogP contribution in [0.2, 0.25) is 0 Å². The maximum atomic E-state index is 13.2. The van der Waals surface area contributed by atoms with Crippen LogP contribution < -0.4 is 10.2 Å². The Labute approximate surface area is 169 Å². The van der Waals surface area contributed by atoms with E-state index in [0.717, 1.165) is 43.9 Å². The van der Waals surface area contributed by atoms with Gasteiger partial charge in [0.25, 0.3) is 0 Å². The molecule has 28 heavy (non-hydrogen) atoms. The molecule has 6 rings (SSSR count). The summed E-state index contributed by atoms with van der Waals surface area (Å²) in [6, 6.07) is 8.60. The number of hydrogen-bond acceptors (Lipinski definition) is 3. The van der Waals surface area contributed by atoms with E-state index < -0.39 is 0 Å². The molecule has 1 aliphatic heterocycles. The fourth-order valence-electron chi connectivity index (χ4n) is 7.06. The average Bonchev–Trinajstić information content (AvgIpc) is 2.66. The summed E-state index contributed by atoms with van der Waals surface area (Å²) in [5, 5.41) is 3.58. The van der Waals surface area contributed by atoms with Crippen LogP contribution in [0.3, 0.4) is 0 Å². The fraction of sp³-hybridized carbons (Fsp3) is 0.708. The molecule has 1 N–H and O–H groups in total. The van der Waals surface area contributed by atoms with Crippen molar-refractivity contribution >= 4 is 11.6 Å². The third-order valence-electron chi connectivity index (χ3n) is 8.12. The number of carbonyl (C=O) groups is 1. The predicted molar refractivity (Wildman–Crippen MR) is 113 cm³/mol. The van der Waals surface area contributed by atoms with Gasteiger partial charge >= 0.3 is 0 Å². The van der Waals surface area contributed by atoms with E-state index >= 15 is 0 Å². The van der Waals surface area contributed by atoms with Crippen molar-refractivity contribution in [2.75, 3.05) is 31.1 Å². The number of piperazine rings is 1. The van der Waals surface area contributed by atoms with Crippen molar-refractivity contribution < 1.29 is 4.79 Å². The second-order valence-electron chi connectivity index (χ2n) is 10.2. The second kappa shape index (κ2) is 7.05. The Bertz CT molecular complexity index is 702. The van der Waals surface area contributed by atoms with Crippen molar-refractivity contribution in [2.45, 2.75) is 64.0 Å². The molecular weight excluding hydrogens is 346 g/mol. The largest absolute Gasteiger partial charge is 0.369 e. The number of rotatable bonds is 4. The first kappa shape index (κ1) is 18.5. The highest BCUT2D eigenvalue weighted by molar-refractivity contribution is 5.82. The molecule has 1 atom stereocenters. The lowest BCUT2D eigenvalue weighted by Gasteiger charge is -2.57. The van der Waals surface area contributed by atoms with Gasteiger partial charge in [0.1, 0.15) is 0 Å². The lowest BCUT2D eigenvalue weighted by Crippen LogP contribution is -2.63. The number of aryl methyl sites for hydroxylation is 1. The van der Waals surface area contributed by atoms with E-state index in [9.17, 15) is 4.79 Å². The maximum absolute atomic E-state index is 13.2. The van der Waals surface area contributed by atoms with Gasteiger partial charge in [-0.25, -0.2) is 0 Å². The monoisotopic (exact) mass is 381 g/mol. The van der Waals surface area contributed by atoms with Crippen molar-refractivity contribution in [1.82, 2.24) is 10.2 Å². The summed E-state index contributed by atoms with van der Waals surface area (Å²) in [5.74, 6) is 2.89. The van der Waals surface area contributed by atoms with E-state index in [4.69, 9.17) is 0 Å². The molecule has 4 bridgehead atoms. The highest BCUT2D eigenvalue weighted by atomic mass is 16.2. The van der Waals surface area contributed by atoms with Crippen LogP contribution in [0, 0.1) is 24.7 Å². The van der Waals surface area contributed by atoms with E-state index in [1.165, 1.54) is 49.8 Å². The highest BCUT2D eigenvalue weighted by Gasteiger charge is 2.51. The minimum Gasteiger partial charge on any atom is -0.369 e. The normalized spacial score (nSPS) is 35.8. The van der Waals surface area contributed by atoms with Gasteiger partial charge in [0.2, 0.25) is 5.91 Å². The minimum atomic E-state index is -0.0213. The summed E-state index contributed by atoms with van der Waals surface area (Å²) < 4.78 is 0. The zero-order valence-electron chi connectivity index (χ0n) is 17.5. The van der Waals surface area contributed by atoms with Gasteiger partial charge in [0, 0.05) is 37.4 Å². The molecule has 0 unspecified atom stereocenters. The zero-order chi connectivity index (χ0) is 19.3. The molecule has 4 heteroatoms. The number of amides is 1.